The average molecular weight is 244 g/mol. The molecule has 1 aromatic rings. The largest absolute Gasteiger partial charge is 0.0625 e. The van der Waals surface area contributed by atoms with E-state index in [1.165, 1.54) is 19.3 Å². The van der Waals surface area contributed by atoms with Crippen molar-refractivity contribution in [1.29, 1.82) is 0 Å². The lowest BCUT2D eigenvalue weighted by Crippen LogP contribution is -2.10. The fraction of sp³-hybridized carbons (Fsp3) is 0.667. The van der Waals surface area contributed by atoms with E-state index in [9.17, 15) is 0 Å². The van der Waals surface area contributed by atoms with E-state index < -0.39 is 0 Å². The molecule has 0 saturated heterocycles. The number of fused-ring (bicyclic) bond motifs is 1. The molecule has 0 nitrogen and oxygen atoms in total. The van der Waals surface area contributed by atoms with Crippen LogP contribution in [0.1, 0.15) is 76.0 Å². The third-order valence-corrected chi connectivity index (χ3v) is 4.62. The monoisotopic (exact) mass is 244 g/mol. The maximum Gasteiger partial charge on any atom is -0.0134 e. The lowest BCUT2D eigenvalue weighted by molar-refractivity contribution is 0.391. The molecule has 0 heterocycles. The summed E-state index contributed by atoms with van der Waals surface area (Å²) < 4.78 is 0. The number of hydrogen-bond acceptors (Lipinski definition) is 0. The topological polar surface area (TPSA) is 0 Å². The Morgan fingerprint density at radius 2 is 1.83 bits per heavy atom. The SMILES string of the molecule is CC1CCc2c(C(C)C)cccc2C(C(C)C)C1. The maximum atomic E-state index is 2.43. The molecule has 0 saturated carbocycles. The van der Waals surface area contributed by atoms with Gasteiger partial charge < -0.3 is 0 Å². The van der Waals surface area contributed by atoms with E-state index in [0.717, 1.165) is 17.8 Å². The summed E-state index contributed by atoms with van der Waals surface area (Å²) in [5.74, 6) is 3.04. The highest BCUT2D eigenvalue weighted by molar-refractivity contribution is 5.40. The first-order valence-electron chi connectivity index (χ1n) is 7.62. The fourth-order valence-corrected chi connectivity index (χ4v) is 3.50. The van der Waals surface area contributed by atoms with Gasteiger partial charge in [-0.3, -0.25) is 0 Å². The molecule has 0 radical (unpaired) electrons. The third-order valence-electron chi connectivity index (χ3n) is 4.62. The van der Waals surface area contributed by atoms with Gasteiger partial charge in [0, 0.05) is 0 Å². The van der Waals surface area contributed by atoms with Crippen molar-refractivity contribution in [2.75, 3.05) is 0 Å². The quantitative estimate of drug-likeness (QED) is 0.601. The van der Waals surface area contributed by atoms with Crippen molar-refractivity contribution in [1.82, 2.24) is 0 Å². The molecule has 0 heteroatoms. The Hall–Kier alpha value is -0.780. The Balaban J connectivity index is 2.49. The van der Waals surface area contributed by atoms with Gasteiger partial charge in [-0.25, -0.2) is 0 Å². The zero-order valence-electron chi connectivity index (χ0n) is 12.7. The molecule has 0 spiro atoms. The summed E-state index contributed by atoms with van der Waals surface area (Å²) in [6.07, 6.45) is 4.01. The Kier molecular flexibility index (Phi) is 4.14. The second-order valence-electron chi connectivity index (χ2n) is 6.80. The van der Waals surface area contributed by atoms with Crippen molar-refractivity contribution in [3.63, 3.8) is 0 Å². The number of hydrogen-bond donors (Lipinski definition) is 0. The molecular formula is C18H28. The van der Waals surface area contributed by atoms with Gasteiger partial charge in [0.15, 0.2) is 0 Å². The van der Waals surface area contributed by atoms with E-state index in [-0.39, 0.29) is 0 Å². The second kappa shape index (κ2) is 5.47. The summed E-state index contributed by atoms with van der Waals surface area (Å²) in [4.78, 5) is 0. The highest BCUT2D eigenvalue weighted by Crippen LogP contribution is 2.40. The zero-order chi connectivity index (χ0) is 13.3. The van der Waals surface area contributed by atoms with Gasteiger partial charge in [-0.05, 0) is 59.6 Å². The van der Waals surface area contributed by atoms with Crippen LogP contribution in [0.3, 0.4) is 0 Å². The van der Waals surface area contributed by atoms with Crippen molar-refractivity contribution in [2.24, 2.45) is 11.8 Å². The summed E-state index contributed by atoms with van der Waals surface area (Å²) in [6, 6.07) is 7.01. The summed E-state index contributed by atoms with van der Waals surface area (Å²) in [5, 5.41) is 0. The minimum Gasteiger partial charge on any atom is -0.0625 e. The smallest absolute Gasteiger partial charge is 0.0134 e. The van der Waals surface area contributed by atoms with E-state index >= 15 is 0 Å². The highest BCUT2D eigenvalue weighted by atomic mass is 14.3. The van der Waals surface area contributed by atoms with Crippen LogP contribution in [0.15, 0.2) is 18.2 Å². The molecule has 2 unspecified atom stereocenters. The van der Waals surface area contributed by atoms with Crippen molar-refractivity contribution in [3.05, 3.63) is 34.9 Å². The van der Waals surface area contributed by atoms with Crippen molar-refractivity contribution in [2.45, 2.75) is 65.7 Å². The average Bonchev–Trinajstić information content (AvgIpc) is 2.48. The number of benzene rings is 1. The predicted octanol–water partition coefficient (Wildman–Crippen LogP) is 5.52. The number of rotatable bonds is 2. The van der Waals surface area contributed by atoms with Gasteiger partial charge in [0.25, 0.3) is 0 Å². The summed E-state index contributed by atoms with van der Waals surface area (Å²) in [7, 11) is 0. The fourth-order valence-electron chi connectivity index (χ4n) is 3.50. The normalized spacial score (nSPS) is 24.2. The van der Waals surface area contributed by atoms with E-state index in [0.29, 0.717) is 5.92 Å². The molecule has 100 valence electrons. The first-order valence-corrected chi connectivity index (χ1v) is 7.62. The van der Waals surface area contributed by atoms with Crippen LogP contribution in [0, 0.1) is 11.8 Å². The Labute approximate surface area is 113 Å². The Morgan fingerprint density at radius 3 is 2.44 bits per heavy atom. The lowest BCUT2D eigenvalue weighted by atomic mass is 9.80. The second-order valence-corrected chi connectivity index (χ2v) is 6.80. The molecule has 18 heavy (non-hydrogen) atoms. The molecule has 2 atom stereocenters. The van der Waals surface area contributed by atoms with Crippen molar-refractivity contribution < 1.29 is 0 Å². The summed E-state index contributed by atoms with van der Waals surface area (Å²) in [6.45, 7) is 11.8. The third kappa shape index (κ3) is 2.63. The molecule has 2 rings (SSSR count). The van der Waals surface area contributed by atoms with Crippen LogP contribution < -0.4 is 0 Å². The van der Waals surface area contributed by atoms with Crippen LogP contribution in [0.25, 0.3) is 0 Å². The van der Waals surface area contributed by atoms with Crippen LogP contribution in [0.2, 0.25) is 0 Å². The van der Waals surface area contributed by atoms with Gasteiger partial charge >= 0.3 is 0 Å². The van der Waals surface area contributed by atoms with Gasteiger partial charge in [-0.15, -0.1) is 0 Å². The van der Waals surface area contributed by atoms with Crippen molar-refractivity contribution >= 4 is 0 Å². The van der Waals surface area contributed by atoms with Crippen LogP contribution in [0.5, 0.6) is 0 Å². The van der Waals surface area contributed by atoms with Crippen LogP contribution in [-0.4, -0.2) is 0 Å². The van der Waals surface area contributed by atoms with E-state index in [1.807, 2.05) is 0 Å². The molecule has 0 bridgehead atoms. The molecule has 0 N–H and O–H groups in total. The van der Waals surface area contributed by atoms with Crippen LogP contribution in [-0.2, 0) is 6.42 Å². The van der Waals surface area contributed by atoms with Gasteiger partial charge in [0.05, 0.1) is 0 Å². The van der Waals surface area contributed by atoms with Crippen LogP contribution in [0.4, 0.5) is 0 Å². The van der Waals surface area contributed by atoms with E-state index in [4.69, 9.17) is 0 Å². The molecule has 0 fully saturated rings. The molecule has 0 aromatic heterocycles. The standard InChI is InChI=1S/C18H28/c1-12(2)15-7-6-8-16-17(15)10-9-14(5)11-18(16)13(3)4/h6-8,12-14,18H,9-11H2,1-5H3. The molecule has 1 aliphatic carbocycles. The molecule has 1 aromatic carbocycles. The highest BCUT2D eigenvalue weighted by Gasteiger charge is 2.26. The first kappa shape index (κ1) is 13.6. The predicted molar refractivity (Wildman–Crippen MR) is 80.2 cm³/mol. The minimum atomic E-state index is 0.654. The summed E-state index contributed by atoms with van der Waals surface area (Å²) >= 11 is 0. The zero-order valence-corrected chi connectivity index (χ0v) is 12.7. The maximum absolute atomic E-state index is 2.43. The van der Waals surface area contributed by atoms with Gasteiger partial charge in [-0.1, -0.05) is 52.8 Å². The molecular weight excluding hydrogens is 216 g/mol. The van der Waals surface area contributed by atoms with E-state index in [2.05, 4.69) is 52.8 Å². The van der Waals surface area contributed by atoms with Crippen molar-refractivity contribution in [3.8, 4) is 0 Å². The Morgan fingerprint density at radius 1 is 1.11 bits per heavy atom. The first-order chi connectivity index (χ1) is 8.50. The Bertz CT molecular complexity index is 400. The van der Waals surface area contributed by atoms with Gasteiger partial charge in [0.2, 0.25) is 0 Å². The molecule has 1 aliphatic rings. The molecule has 0 amide bonds. The molecule has 0 aliphatic heterocycles. The lowest BCUT2D eigenvalue weighted by Gasteiger charge is -2.25. The minimum absolute atomic E-state index is 0.654. The summed E-state index contributed by atoms with van der Waals surface area (Å²) in [5.41, 5.74) is 4.92. The van der Waals surface area contributed by atoms with Crippen LogP contribution >= 0.6 is 0 Å². The van der Waals surface area contributed by atoms with E-state index in [1.54, 1.807) is 16.7 Å². The van der Waals surface area contributed by atoms with Gasteiger partial charge in [-0.2, -0.15) is 0 Å². The van der Waals surface area contributed by atoms with Gasteiger partial charge in [0.1, 0.15) is 0 Å².